The molecule has 2 aromatic rings. The zero-order valence-electron chi connectivity index (χ0n) is 11.5. The van der Waals surface area contributed by atoms with E-state index in [1.54, 1.807) is 18.7 Å². The Morgan fingerprint density at radius 2 is 2.33 bits per heavy atom. The molecular formula is C13H15N3O3S2. The number of fused-ring (bicyclic) bond motifs is 1. The second-order valence-electron chi connectivity index (χ2n) is 5.49. The average molecular weight is 325 g/mol. The molecule has 1 aliphatic rings. The average Bonchev–Trinajstić information content (AvgIpc) is 2.98. The van der Waals surface area contributed by atoms with Gasteiger partial charge in [0.05, 0.1) is 6.42 Å². The Morgan fingerprint density at radius 1 is 1.57 bits per heavy atom. The molecule has 1 N–H and O–H groups in total. The summed E-state index contributed by atoms with van der Waals surface area (Å²) >= 11 is 3.10. The number of rotatable bonds is 6. The van der Waals surface area contributed by atoms with E-state index in [1.165, 1.54) is 21.9 Å². The molecule has 0 bridgehead atoms. The van der Waals surface area contributed by atoms with Crippen molar-refractivity contribution in [1.29, 1.82) is 0 Å². The first-order valence-corrected chi connectivity index (χ1v) is 8.61. The third-order valence-corrected chi connectivity index (χ3v) is 5.92. The van der Waals surface area contributed by atoms with Gasteiger partial charge in [-0.15, -0.1) is 0 Å². The van der Waals surface area contributed by atoms with Gasteiger partial charge in [0, 0.05) is 17.5 Å². The van der Waals surface area contributed by atoms with E-state index in [0.29, 0.717) is 16.4 Å². The molecule has 0 aromatic carbocycles. The molecule has 112 valence electrons. The normalized spacial score (nSPS) is 16.2. The van der Waals surface area contributed by atoms with Crippen molar-refractivity contribution in [3.05, 3.63) is 27.1 Å². The monoisotopic (exact) mass is 325 g/mol. The predicted octanol–water partition coefficient (Wildman–Crippen LogP) is 1.95. The van der Waals surface area contributed by atoms with Crippen molar-refractivity contribution < 1.29 is 9.90 Å². The minimum absolute atomic E-state index is 0.0150. The number of aliphatic carboxylic acids is 1. The van der Waals surface area contributed by atoms with Crippen molar-refractivity contribution in [3.8, 4) is 0 Å². The van der Waals surface area contributed by atoms with Gasteiger partial charge in [-0.3, -0.25) is 9.59 Å². The molecule has 3 rings (SSSR count). The zero-order valence-corrected chi connectivity index (χ0v) is 13.2. The van der Waals surface area contributed by atoms with E-state index in [1.807, 2.05) is 0 Å². The number of nitrogens with zero attached hydrogens (tertiary/aromatic N) is 3. The smallest absolute Gasteiger partial charge is 0.303 e. The summed E-state index contributed by atoms with van der Waals surface area (Å²) in [4.78, 5) is 27.5. The van der Waals surface area contributed by atoms with Crippen LogP contribution in [0.2, 0.25) is 0 Å². The maximum Gasteiger partial charge on any atom is 0.303 e. The third-order valence-electron chi connectivity index (χ3n) is 3.53. The quantitative estimate of drug-likeness (QED) is 0.874. The van der Waals surface area contributed by atoms with Gasteiger partial charge < -0.3 is 5.11 Å². The molecule has 0 radical (unpaired) electrons. The summed E-state index contributed by atoms with van der Waals surface area (Å²) in [6.45, 7) is 1.79. The third kappa shape index (κ3) is 3.26. The Kier molecular flexibility index (Phi) is 3.75. The molecule has 1 saturated carbocycles. The molecule has 0 spiro atoms. The highest BCUT2D eigenvalue weighted by Crippen LogP contribution is 2.51. The van der Waals surface area contributed by atoms with Gasteiger partial charge in [0.1, 0.15) is 5.01 Å². The zero-order chi connectivity index (χ0) is 15.0. The summed E-state index contributed by atoms with van der Waals surface area (Å²) in [7, 11) is 0. The summed E-state index contributed by atoms with van der Waals surface area (Å²) in [5.74, 6) is 0.795. The highest BCUT2D eigenvalue weighted by Gasteiger charge is 2.44. The van der Waals surface area contributed by atoms with E-state index in [-0.39, 0.29) is 17.4 Å². The van der Waals surface area contributed by atoms with Gasteiger partial charge in [0.2, 0.25) is 4.96 Å². The van der Waals surface area contributed by atoms with E-state index < -0.39 is 5.97 Å². The lowest BCUT2D eigenvalue weighted by atomic mass is 10.1. The van der Waals surface area contributed by atoms with Crippen LogP contribution in [0.4, 0.5) is 0 Å². The fraction of sp³-hybridized carbons (Fsp3) is 0.538. The molecule has 6 nitrogen and oxygen atoms in total. The lowest BCUT2D eigenvalue weighted by Gasteiger charge is -2.10. The largest absolute Gasteiger partial charge is 0.481 e. The molecule has 21 heavy (non-hydrogen) atoms. The van der Waals surface area contributed by atoms with Crippen LogP contribution in [0.1, 0.15) is 30.0 Å². The molecule has 0 atom stereocenters. The number of hydrogen-bond acceptors (Lipinski definition) is 6. The first-order valence-electron chi connectivity index (χ1n) is 6.63. The summed E-state index contributed by atoms with van der Waals surface area (Å²) < 4.78 is 1.33. The van der Waals surface area contributed by atoms with Gasteiger partial charge in [-0.1, -0.05) is 11.3 Å². The van der Waals surface area contributed by atoms with Crippen LogP contribution in [0.3, 0.4) is 0 Å². The Hall–Kier alpha value is -1.41. The number of carboxylic acids is 1. The Labute approximate surface area is 129 Å². The molecule has 2 aromatic heterocycles. The highest BCUT2D eigenvalue weighted by molar-refractivity contribution is 7.98. The van der Waals surface area contributed by atoms with Crippen molar-refractivity contribution in [3.63, 3.8) is 0 Å². The molecule has 0 amide bonds. The van der Waals surface area contributed by atoms with Crippen LogP contribution in [-0.2, 0) is 10.5 Å². The topological polar surface area (TPSA) is 84.6 Å². The summed E-state index contributed by atoms with van der Waals surface area (Å²) in [5, 5.41) is 14.0. The number of hydrogen-bond donors (Lipinski definition) is 1. The van der Waals surface area contributed by atoms with Crippen LogP contribution in [0.5, 0.6) is 0 Å². The second kappa shape index (κ2) is 5.42. The molecule has 8 heteroatoms. The molecular weight excluding hydrogens is 310 g/mol. The summed E-state index contributed by atoms with van der Waals surface area (Å²) in [6.07, 6.45) is 2.23. The number of carbonyl (C=O) groups is 1. The SMILES string of the molecule is Cc1cc(=O)n2nc(CSCC3(CC(=O)O)CC3)sc2n1. The second-order valence-corrected chi connectivity index (χ2v) is 7.52. The van der Waals surface area contributed by atoms with Crippen LogP contribution >= 0.6 is 23.1 Å². The predicted molar refractivity (Wildman–Crippen MR) is 82.0 cm³/mol. The van der Waals surface area contributed by atoms with Gasteiger partial charge in [-0.2, -0.15) is 21.4 Å². The van der Waals surface area contributed by atoms with E-state index in [2.05, 4.69) is 10.1 Å². The standard InChI is InChI=1S/C13H15N3O3S2/c1-8-4-10(17)16-12(14-8)21-9(15-16)6-20-7-13(2-3-13)5-11(18)19/h4H,2-3,5-7H2,1H3,(H,18,19). The van der Waals surface area contributed by atoms with Crippen LogP contribution in [0, 0.1) is 12.3 Å². The van der Waals surface area contributed by atoms with Gasteiger partial charge in [-0.25, -0.2) is 4.98 Å². The van der Waals surface area contributed by atoms with Crippen LogP contribution in [0.25, 0.3) is 4.96 Å². The minimum atomic E-state index is -0.723. The Morgan fingerprint density at radius 3 is 3.00 bits per heavy atom. The van der Waals surface area contributed by atoms with Crippen molar-refractivity contribution in [2.75, 3.05) is 5.75 Å². The summed E-state index contributed by atoms with van der Waals surface area (Å²) in [6, 6.07) is 1.47. The van der Waals surface area contributed by atoms with E-state index in [9.17, 15) is 9.59 Å². The van der Waals surface area contributed by atoms with Gasteiger partial charge in [-0.05, 0) is 30.9 Å². The van der Waals surface area contributed by atoms with Crippen LogP contribution in [-0.4, -0.2) is 31.4 Å². The maximum atomic E-state index is 11.8. The molecule has 1 aliphatic carbocycles. The molecule has 1 fully saturated rings. The molecule has 0 aliphatic heterocycles. The highest BCUT2D eigenvalue weighted by atomic mass is 32.2. The fourth-order valence-electron chi connectivity index (χ4n) is 2.24. The van der Waals surface area contributed by atoms with Crippen LogP contribution in [0.15, 0.2) is 10.9 Å². The number of aryl methyl sites for hydroxylation is 1. The molecule has 0 saturated heterocycles. The van der Waals surface area contributed by atoms with E-state index in [0.717, 1.165) is 23.6 Å². The minimum Gasteiger partial charge on any atom is -0.481 e. The fourth-order valence-corrected chi connectivity index (χ4v) is 4.63. The van der Waals surface area contributed by atoms with Crippen molar-refractivity contribution >= 4 is 34.0 Å². The van der Waals surface area contributed by atoms with Crippen molar-refractivity contribution in [1.82, 2.24) is 14.6 Å². The number of aromatic nitrogens is 3. The van der Waals surface area contributed by atoms with Crippen molar-refractivity contribution in [2.24, 2.45) is 5.41 Å². The Balaban J connectivity index is 1.65. The lowest BCUT2D eigenvalue weighted by Crippen LogP contribution is -2.14. The van der Waals surface area contributed by atoms with Gasteiger partial charge >= 0.3 is 5.97 Å². The lowest BCUT2D eigenvalue weighted by molar-refractivity contribution is -0.138. The van der Waals surface area contributed by atoms with Gasteiger partial charge in [0.15, 0.2) is 0 Å². The first-order chi connectivity index (χ1) is 9.97. The van der Waals surface area contributed by atoms with Gasteiger partial charge in [0.25, 0.3) is 5.56 Å². The first kappa shape index (κ1) is 14.5. The number of thioether (sulfide) groups is 1. The summed E-state index contributed by atoms with van der Waals surface area (Å²) in [5.41, 5.74) is 0.523. The van der Waals surface area contributed by atoms with Crippen LogP contribution < -0.4 is 5.56 Å². The maximum absolute atomic E-state index is 11.8. The Bertz CT molecular complexity index is 749. The molecule has 0 unspecified atom stereocenters. The number of carboxylic acid groups (broad SMARTS) is 1. The van der Waals surface area contributed by atoms with Crippen molar-refractivity contribution in [2.45, 2.75) is 31.9 Å². The van der Waals surface area contributed by atoms with E-state index >= 15 is 0 Å². The van der Waals surface area contributed by atoms with E-state index in [4.69, 9.17) is 5.11 Å². The molecule has 2 heterocycles.